The Hall–Kier alpha value is -2.32. The predicted molar refractivity (Wildman–Crippen MR) is 126 cm³/mol. The molecule has 0 radical (unpaired) electrons. The van der Waals surface area contributed by atoms with Crippen LogP contribution >= 0.6 is 12.2 Å². The molecule has 2 aromatic carbocycles. The van der Waals surface area contributed by atoms with E-state index >= 15 is 0 Å². The van der Waals surface area contributed by atoms with Gasteiger partial charge in [0.25, 0.3) is 10.0 Å². The molecule has 3 rings (SSSR count). The Labute approximate surface area is 184 Å². The zero-order valence-electron chi connectivity index (χ0n) is 17.5. The van der Waals surface area contributed by atoms with Crippen molar-refractivity contribution in [1.82, 2.24) is 5.32 Å². The van der Waals surface area contributed by atoms with E-state index in [2.05, 4.69) is 29.2 Å². The highest BCUT2D eigenvalue weighted by Crippen LogP contribution is 2.29. The lowest BCUT2D eigenvalue weighted by Crippen LogP contribution is -2.45. The molecule has 0 bridgehead atoms. The van der Waals surface area contributed by atoms with Crippen molar-refractivity contribution in [3.63, 3.8) is 0 Å². The number of thiocarbonyl (C=S) groups is 1. The van der Waals surface area contributed by atoms with Crippen molar-refractivity contribution in [2.75, 3.05) is 17.1 Å². The molecule has 1 aliphatic carbocycles. The summed E-state index contributed by atoms with van der Waals surface area (Å²) in [6, 6.07) is 13.6. The molecule has 30 heavy (non-hydrogen) atoms. The van der Waals surface area contributed by atoms with E-state index in [-0.39, 0.29) is 4.90 Å². The fraction of sp³-hybridized carbons (Fsp3) is 0.409. The van der Waals surface area contributed by atoms with E-state index in [1.54, 1.807) is 55.6 Å². The van der Waals surface area contributed by atoms with Crippen LogP contribution in [0.5, 0.6) is 5.75 Å². The highest BCUT2D eigenvalue weighted by Gasteiger charge is 2.27. The van der Waals surface area contributed by atoms with Gasteiger partial charge in [-0.05, 0) is 79.0 Å². The first-order valence-electron chi connectivity index (χ1n) is 10.1. The fourth-order valence-electron chi connectivity index (χ4n) is 3.71. The van der Waals surface area contributed by atoms with Gasteiger partial charge in [-0.2, -0.15) is 0 Å². The second kappa shape index (κ2) is 9.66. The molecule has 0 spiro atoms. The minimum Gasteiger partial charge on any atom is -0.497 e. The largest absolute Gasteiger partial charge is 0.497 e. The van der Waals surface area contributed by atoms with Crippen LogP contribution in [0.1, 0.15) is 33.1 Å². The molecule has 8 heteroatoms. The number of nitrogens with one attached hydrogen (secondary N) is 3. The Morgan fingerprint density at radius 2 is 1.63 bits per heavy atom. The van der Waals surface area contributed by atoms with Crippen LogP contribution in [-0.2, 0) is 10.0 Å². The molecule has 6 nitrogen and oxygen atoms in total. The Balaban J connectivity index is 1.60. The lowest BCUT2D eigenvalue weighted by atomic mass is 9.78. The maximum atomic E-state index is 12.6. The van der Waals surface area contributed by atoms with E-state index in [0.29, 0.717) is 34.4 Å². The van der Waals surface area contributed by atoms with Gasteiger partial charge in [0.1, 0.15) is 5.75 Å². The van der Waals surface area contributed by atoms with Crippen molar-refractivity contribution < 1.29 is 13.2 Å². The summed E-state index contributed by atoms with van der Waals surface area (Å²) in [4.78, 5) is 0.178. The smallest absolute Gasteiger partial charge is 0.261 e. The number of methoxy groups -OCH3 is 1. The Morgan fingerprint density at radius 1 is 1.00 bits per heavy atom. The quantitative estimate of drug-likeness (QED) is 0.562. The standard InChI is InChI=1S/C22H29N3O3S2/c1-15-5-4-6-21(16(15)2)24-22(29)23-17-9-13-20(14-10-17)30(26,27)25-18-7-11-19(28-3)12-8-18/h7-16,21,25H,4-6H2,1-3H3,(H2,23,24,29)/t15-,16-,21-/m1/s1. The number of rotatable bonds is 6. The lowest BCUT2D eigenvalue weighted by molar-refractivity contribution is 0.225. The number of hydrogen-bond donors (Lipinski definition) is 3. The monoisotopic (exact) mass is 447 g/mol. The van der Waals surface area contributed by atoms with Gasteiger partial charge in [-0.15, -0.1) is 0 Å². The van der Waals surface area contributed by atoms with Gasteiger partial charge in [0.15, 0.2) is 5.11 Å². The lowest BCUT2D eigenvalue weighted by Gasteiger charge is -2.35. The summed E-state index contributed by atoms with van der Waals surface area (Å²) in [6.07, 6.45) is 3.58. The van der Waals surface area contributed by atoms with E-state index in [1.807, 2.05) is 0 Å². The van der Waals surface area contributed by atoms with Crippen molar-refractivity contribution in [3.8, 4) is 5.75 Å². The van der Waals surface area contributed by atoms with E-state index in [1.165, 1.54) is 12.8 Å². The van der Waals surface area contributed by atoms with Crippen molar-refractivity contribution in [3.05, 3.63) is 48.5 Å². The second-order valence-corrected chi connectivity index (χ2v) is 9.92. The highest BCUT2D eigenvalue weighted by molar-refractivity contribution is 7.92. The minimum absolute atomic E-state index is 0.178. The highest BCUT2D eigenvalue weighted by atomic mass is 32.2. The Bertz CT molecular complexity index is 960. The second-order valence-electron chi connectivity index (χ2n) is 7.83. The number of anilines is 2. The molecule has 1 fully saturated rings. The van der Waals surface area contributed by atoms with Gasteiger partial charge in [-0.3, -0.25) is 4.72 Å². The van der Waals surface area contributed by atoms with Crippen LogP contribution in [0, 0.1) is 11.8 Å². The van der Waals surface area contributed by atoms with Crippen molar-refractivity contribution in [2.24, 2.45) is 11.8 Å². The predicted octanol–water partition coefficient (Wildman–Crippen LogP) is 4.61. The van der Waals surface area contributed by atoms with E-state index in [0.717, 1.165) is 12.1 Å². The fourth-order valence-corrected chi connectivity index (χ4v) is 5.04. The maximum Gasteiger partial charge on any atom is 0.261 e. The Kier molecular flexibility index (Phi) is 7.20. The molecule has 1 aliphatic rings. The molecule has 0 aliphatic heterocycles. The molecule has 1 saturated carbocycles. The van der Waals surface area contributed by atoms with Crippen LogP contribution in [0.15, 0.2) is 53.4 Å². The molecule has 0 saturated heterocycles. The first-order chi connectivity index (χ1) is 14.3. The number of benzene rings is 2. The van der Waals surface area contributed by atoms with Crippen LogP contribution < -0.4 is 20.1 Å². The van der Waals surface area contributed by atoms with Gasteiger partial charge in [0.05, 0.1) is 12.0 Å². The third kappa shape index (κ3) is 5.64. The van der Waals surface area contributed by atoms with E-state index in [9.17, 15) is 8.42 Å². The molecule has 2 aromatic rings. The van der Waals surface area contributed by atoms with E-state index < -0.39 is 10.0 Å². The van der Waals surface area contributed by atoms with Gasteiger partial charge >= 0.3 is 0 Å². The van der Waals surface area contributed by atoms with Crippen LogP contribution in [0.2, 0.25) is 0 Å². The van der Waals surface area contributed by atoms with Gasteiger partial charge in [0.2, 0.25) is 0 Å². The topological polar surface area (TPSA) is 79.5 Å². The Morgan fingerprint density at radius 3 is 2.27 bits per heavy atom. The van der Waals surface area contributed by atoms with Gasteiger partial charge < -0.3 is 15.4 Å². The van der Waals surface area contributed by atoms with Crippen LogP contribution in [0.25, 0.3) is 0 Å². The molecule has 162 valence electrons. The third-order valence-corrected chi connectivity index (χ3v) is 7.41. The zero-order chi connectivity index (χ0) is 21.7. The summed E-state index contributed by atoms with van der Waals surface area (Å²) < 4.78 is 32.9. The maximum absolute atomic E-state index is 12.6. The molecular formula is C22H29N3O3S2. The summed E-state index contributed by atoms with van der Waals surface area (Å²) >= 11 is 5.46. The first kappa shape index (κ1) is 22.4. The summed E-state index contributed by atoms with van der Waals surface area (Å²) in [5.41, 5.74) is 1.21. The van der Waals surface area contributed by atoms with Crippen LogP contribution in [-0.4, -0.2) is 26.7 Å². The van der Waals surface area contributed by atoms with Crippen LogP contribution in [0.4, 0.5) is 11.4 Å². The summed E-state index contributed by atoms with van der Waals surface area (Å²) in [5.74, 6) is 1.91. The van der Waals surface area contributed by atoms with E-state index in [4.69, 9.17) is 17.0 Å². The minimum atomic E-state index is -3.68. The zero-order valence-corrected chi connectivity index (χ0v) is 19.1. The molecule has 0 unspecified atom stereocenters. The average Bonchev–Trinajstić information content (AvgIpc) is 2.72. The summed E-state index contributed by atoms with van der Waals surface area (Å²) in [5, 5.41) is 7.13. The number of sulfonamides is 1. The molecule has 0 heterocycles. The molecule has 3 atom stereocenters. The van der Waals surface area contributed by atoms with Crippen molar-refractivity contribution in [2.45, 2.75) is 44.0 Å². The number of ether oxygens (including phenoxy) is 1. The third-order valence-electron chi connectivity index (χ3n) is 5.79. The molecular weight excluding hydrogens is 418 g/mol. The summed E-state index contributed by atoms with van der Waals surface area (Å²) in [7, 11) is -2.12. The van der Waals surface area contributed by atoms with Crippen molar-refractivity contribution in [1.29, 1.82) is 0 Å². The van der Waals surface area contributed by atoms with Gasteiger partial charge in [-0.25, -0.2) is 8.42 Å². The van der Waals surface area contributed by atoms with Gasteiger partial charge in [-0.1, -0.05) is 26.7 Å². The van der Waals surface area contributed by atoms with Crippen molar-refractivity contribution >= 4 is 38.7 Å². The molecule has 0 amide bonds. The first-order valence-corrected chi connectivity index (χ1v) is 12.0. The molecule has 0 aromatic heterocycles. The summed E-state index contributed by atoms with van der Waals surface area (Å²) in [6.45, 7) is 4.55. The normalized spacial score (nSPS) is 21.5. The molecule has 3 N–H and O–H groups in total. The van der Waals surface area contributed by atoms with Gasteiger partial charge in [0, 0.05) is 17.4 Å². The van der Waals surface area contributed by atoms with Crippen LogP contribution in [0.3, 0.4) is 0 Å². The SMILES string of the molecule is COc1ccc(NS(=O)(=O)c2ccc(NC(=S)N[C@@H]3CCC[C@@H](C)[C@H]3C)cc2)cc1. The number of hydrogen-bond acceptors (Lipinski definition) is 4. The average molecular weight is 448 g/mol.